The van der Waals surface area contributed by atoms with Crippen LogP contribution in [0.15, 0.2) is 51.4 Å². The maximum Gasteiger partial charge on any atom is 0.154 e. The zero-order valence-corrected chi connectivity index (χ0v) is 12.2. The van der Waals surface area contributed by atoms with E-state index in [0.29, 0.717) is 15.6 Å². The van der Waals surface area contributed by atoms with Gasteiger partial charge in [0.15, 0.2) is 5.58 Å². The van der Waals surface area contributed by atoms with E-state index < -0.39 is 0 Å². The van der Waals surface area contributed by atoms with E-state index in [4.69, 9.17) is 27.6 Å². The van der Waals surface area contributed by atoms with Gasteiger partial charge in [-0.05, 0) is 28.1 Å². The standard InChI is InChI=1S/C14H7BrCl2O/c15-12-10-6-9(16)7-11(17)14(10)18-13(12)8-4-2-1-3-5-8/h1-7H. The monoisotopic (exact) mass is 340 g/mol. The third-order valence-electron chi connectivity index (χ3n) is 2.68. The molecule has 0 spiro atoms. The van der Waals surface area contributed by atoms with Gasteiger partial charge in [-0.3, -0.25) is 0 Å². The number of rotatable bonds is 1. The molecule has 0 saturated carbocycles. The van der Waals surface area contributed by atoms with Crippen LogP contribution in [0.1, 0.15) is 0 Å². The lowest BCUT2D eigenvalue weighted by atomic mass is 10.1. The molecule has 1 aromatic heterocycles. The molecule has 2 aromatic carbocycles. The molecule has 3 rings (SSSR count). The summed E-state index contributed by atoms with van der Waals surface area (Å²) in [6.45, 7) is 0. The van der Waals surface area contributed by atoms with E-state index in [0.717, 1.165) is 21.2 Å². The molecule has 3 aromatic rings. The molecule has 1 nitrogen and oxygen atoms in total. The first-order chi connectivity index (χ1) is 8.66. The van der Waals surface area contributed by atoms with Gasteiger partial charge in [-0.2, -0.15) is 0 Å². The van der Waals surface area contributed by atoms with E-state index >= 15 is 0 Å². The van der Waals surface area contributed by atoms with Crippen molar-refractivity contribution in [3.63, 3.8) is 0 Å². The van der Waals surface area contributed by atoms with E-state index in [1.165, 1.54) is 0 Å². The van der Waals surface area contributed by atoms with Crippen molar-refractivity contribution in [2.24, 2.45) is 0 Å². The van der Waals surface area contributed by atoms with Gasteiger partial charge in [-0.25, -0.2) is 0 Å². The van der Waals surface area contributed by atoms with E-state index in [-0.39, 0.29) is 0 Å². The summed E-state index contributed by atoms with van der Waals surface area (Å²) in [5.74, 6) is 0.759. The molecule has 90 valence electrons. The van der Waals surface area contributed by atoms with Crippen LogP contribution in [0, 0.1) is 0 Å². The lowest BCUT2D eigenvalue weighted by Gasteiger charge is -1.95. The predicted molar refractivity (Wildman–Crippen MR) is 79.4 cm³/mol. The molecule has 18 heavy (non-hydrogen) atoms. The Hall–Kier alpha value is -0.960. The quantitative estimate of drug-likeness (QED) is 0.516. The fourth-order valence-corrected chi connectivity index (χ4v) is 3.01. The molecule has 0 amide bonds. The summed E-state index contributed by atoms with van der Waals surface area (Å²) in [6.07, 6.45) is 0. The van der Waals surface area contributed by atoms with Gasteiger partial charge >= 0.3 is 0 Å². The highest BCUT2D eigenvalue weighted by atomic mass is 79.9. The van der Waals surface area contributed by atoms with Gasteiger partial charge in [0, 0.05) is 16.0 Å². The van der Waals surface area contributed by atoms with Gasteiger partial charge in [-0.15, -0.1) is 0 Å². The van der Waals surface area contributed by atoms with Crippen molar-refractivity contribution in [2.45, 2.75) is 0 Å². The highest BCUT2D eigenvalue weighted by molar-refractivity contribution is 9.10. The first-order valence-corrected chi connectivity index (χ1v) is 6.84. The smallest absolute Gasteiger partial charge is 0.154 e. The van der Waals surface area contributed by atoms with Gasteiger partial charge in [0.1, 0.15) is 5.76 Å². The van der Waals surface area contributed by atoms with Crippen LogP contribution in [0.5, 0.6) is 0 Å². The largest absolute Gasteiger partial charge is 0.453 e. The summed E-state index contributed by atoms with van der Waals surface area (Å²) in [4.78, 5) is 0. The maximum absolute atomic E-state index is 6.14. The molecular weight excluding hydrogens is 335 g/mol. The molecule has 0 aliphatic carbocycles. The number of hydrogen-bond acceptors (Lipinski definition) is 1. The lowest BCUT2D eigenvalue weighted by molar-refractivity contribution is 0.630. The molecule has 0 aliphatic heterocycles. The Morgan fingerprint density at radius 1 is 1.00 bits per heavy atom. The zero-order chi connectivity index (χ0) is 12.7. The summed E-state index contributed by atoms with van der Waals surface area (Å²) in [7, 11) is 0. The van der Waals surface area contributed by atoms with Gasteiger partial charge in [0.2, 0.25) is 0 Å². The van der Waals surface area contributed by atoms with Crippen molar-refractivity contribution in [2.75, 3.05) is 0 Å². The van der Waals surface area contributed by atoms with Crippen LogP contribution in [0.3, 0.4) is 0 Å². The van der Waals surface area contributed by atoms with Gasteiger partial charge in [0.05, 0.1) is 9.50 Å². The van der Waals surface area contributed by atoms with Gasteiger partial charge in [-0.1, -0.05) is 53.5 Å². The van der Waals surface area contributed by atoms with Crippen molar-refractivity contribution in [1.29, 1.82) is 0 Å². The Morgan fingerprint density at radius 3 is 2.44 bits per heavy atom. The molecule has 0 atom stereocenters. The Kier molecular flexibility index (Phi) is 3.10. The van der Waals surface area contributed by atoms with E-state index in [2.05, 4.69) is 15.9 Å². The van der Waals surface area contributed by atoms with Crippen LogP contribution in [-0.2, 0) is 0 Å². The van der Waals surface area contributed by atoms with E-state index in [1.807, 2.05) is 36.4 Å². The maximum atomic E-state index is 6.14. The van der Waals surface area contributed by atoms with Crippen LogP contribution in [0.25, 0.3) is 22.3 Å². The van der Waals surface area contributed by atoms with Crippen LogP contribution >= 0.6 is 39.1 Å². The van der Waals surface area contributed by atoms with E-state index in [9.17, 15) is 0 Å². The average molecular weight is 342 g/mol. The summed E-state index contributed by atoms with van der Waals surface area (Å²) in [5.41, 5.74) is 1.64. The first kappa shape index (κ1) is 12.1. The molecule has 0 unspecified atom stereocenters. The van der Waals surface area contributed by atoms with Crippen LogP contribution in [-0.4, -0.2) is 0 Å². The average Bonchev–Trinajstić information content (AvgIpc) is 2.69. The molecule has 0 radical (unpaired) electrons. The zero-order valence-electron chi connectivity index (χ0n) is 9.08. The molecule has 0 fully saturated rings. The minimum Gasteiger partial charge on any atom is -0.453 e. The van der Waals surface area contributed by atoms with Crippen LogP contribution in [0.4, 0.5) is 0 Å². The highest BCUT2D eigenvalue weighted by Gasteiger charge is 2.16. The van der Waals surface area contributed by atoms with Crippen molar-refractivity contribution in [1.82, 2.24) is 0 Å². The van der Waals surface area contributed by atoms with Crippen LogP contribution < -0.4 is 0 Å². The SMILES string of the molecule is Clc1cc(Cl)c2oc(-c3ccccc3)c(Br)c2c1. The van der Waals surface area contributed by atoms with Crippen molar-refractivity contribution in [3.05, 3.63) is 57.0 Å². The fraction of sp³-hybridized carbons (Fsp3) is 0. The van der Waals surface area contributed by atoms with Crippen molar-refractivity contribution < 1.29 is 4.42 Å². The van der Waals surface area contributed by atoms with Gasteiger partial charge in [0.25, 0.3) is 0 Å². The Balaban J connectivity index is 2.33. The third-order valence-corrected chi connectivity index (χ3v) is 3.97. The number of benzene rings is 2. The molecule has 0 saturated heterocycles. The number of fused-ring (bicyclic) bond motifs is 1. The van der Waals surface area contributed by atoms with Crippen LogP contribution in [0.2, 0.25) is 10.0 Å². The van der Waals surface area contributed by atoms with Crippen molar-refractivity contribution in [3.8, 4) is 11.3 Å². The second kappa shape index (κ2) is 4.61. The molecule has 4 heteroatoms. The number of furan rings is 1. The summed E-state index contributed by atoms with van der Waals surface area (Å²) < 4.78 is 6.70. The predicted octanol–water partition coefficient (Wildman–Crippen LogP) is 6.17. The first-order valence-electron chi connectivity index (χ1n) is 5.29. The fourth-order valence-electron chi connectivity index (χ4n) is 1.87. The topological polar surface area (TPSA) is 13.1 Å². The second-order valence-electron chi connectivity index (χ2n) is 3.88. The second-order valence-corrected chi connectivity index (χ2v) is 5.51. The summed E-state index contributed by atoms with van der Waals surface area (Å²) in [6, 6.07) is 13.4. The normalized spacial score (nSPS) is 11.1. The number of hydrogen-bond donors (Lipinski definition) is 0. The molecule has 0 N–H and O–H groups in total. The van der Waals surface area contributed by atoms with Crippen molar-refractivity contribution >= 4 is 50.1 Å². The van der Waals surface area contributed by atoms with Gasteiger partial charge < -0.3 is 4.42 Å². The Labute approximate surface area is 122 Å². The summed E-state index contributed by atoms with van der Waals surface area (Å²) in [5, 5.41) is 1.99. The van der Waals surface area contributed by atoms with E-state index in [1.54, 1.807) is 6.07 Å². The molecule has 0 aliphatic rings. The molecule has 1 heterocycles. The third kappa shape index (κ3) is 1.95. The lowest BCUT2D eigenvalue weighted by Crippen LogP contribution is -1.72. The molecule has 0 bridgehead atoms. The highest BCUT2D eigenvalue weighted by Crippen LogP contribution is 2.41. The Bertz CT molecular complexity index is 719. The minimum absolute atomic E-state index is 0.514. The Morgan fingerprint density at radius 2 is 1.72 bits per heavy atom. The number of halogens is 3. The molecular formula is C14H7BrCl2O. The summed E-state index contributed by atoms with van der Waals surface area (Å²) >= 11 is 15.7. The minimum atomic E-state index is 0.514.